The summed E-state index contributed by atoms with van der Waals surface area (Å²) in [6.07, 6.45) is 0.760. The van der Waals surface area contributed by atoms with E-state index in [0.29, 0.717) is 5.84 Å². The van der Waals surface area contributed by atoms with E-state index in [1.165, 1.54) is 0 Å². The van der Waals surface area contributed by atoms with Crippen LogP contribution in [0.1, 0.15) is 19.8 Å². The topological polar surface area (TPSA) is 79.4 Å². The molecule has 1 fully saturated rings. The molecule has 1 rings (SSSR count). The van der Waals surface area contributed by atoms with Gasteiger partial charge in [-0.25, -0.2) is 4.79 Å². The second-order valence-corrected chi connectivity index (χ2v) is 3.21. The summed E-state index contributed by atoms with van der Waals surface area (Å²) in [5.41, 5.74) is 4.90. The van der Waals surface area contributed by atoms with Gasteiger partial charge in [-0.2, -0.15) is 0 Å². The highest BCUT2D eigenvalue weighted by Crippen LogP contribution is 2.13. The Hall–Kier alpha value is -1.26. The van der Waals surface area contributed by atoms with Crippen LogP contribution in [0.25, 0.3) is 0 Å². The molecule has 1 aliphatic rings. The lowest BCUT2D eigenvalue weighted by Gasteiger charge is -2.31. The molecule has 0 aromatic heterocycles. The number of piperidine rings is 1. The van der Waals surface area contributed by atoms with Crippen molar-refractivity contribution in [3.05, 3.63) is 0 Å². The molecule has 0 aliphatic carbocycles. The van der Waals surface area contributed by atoms with Gasteiger partial charge in [0.15, 0.2) is 0 Å². The van der Waals surface area contributed by atoms with Gasteiger partial charge in [0.05, 0.1) is 5.84 Å². The summed E-state index contributed by atoms with van der Waals surface area (Å²) >= 11 is 0. The van der Waals surface area contributed by atoms with Gasteiger partial charge in [-0.05, 0) is 6.92 Å². The summed E-state index contributed by atoms with van der Waals surface area (Å²) in [7, 11) is 0. The van der Waals surface area contributed by atoms with Crippen LogP contribution in [0.3, 0.4) is 0 Å². The van der Waals surface area contributed by atoms with Crippen LogP contribution < -0.4 is 5.73 Å². The molecule has 1 heterocycles. The van der Waals surface area contributed by atoms with Gasteiger partial charge in [-0.3, -0.25) is 5.41 Å². The first kappa shape index (κ1) is 9.83. The summed E-state index contributed by atoms with van der Waals surface area (Å²) in [4.78, 5) is 12.4. The van der Waals surface area contributed by atoms with E-state index < -0.39 is 6.09 Å². The predicted molar refractivity (Wildman–Crippen MR) is 48.7 cm³/mol. The Morgan fingerprint density at radius 1 is 1.54 bits per heavy atom. The molecule has 0 aromatic rings. The van der Waals surface area contributed by atoms with Crippen LogP contribution in [0.15, 0.2) is 0 Å². The quantitative estimate of drug-likeness (QED) is 0.462. The number of likely N-dealkylation sites (tertiary alicyclic amines) is 1. The van der Waals surface area contributed by atoms with Gasteiger partial charge >= 0.3 is 6.09 Å². The number of ether oxygens (including phenoxy) is 1. The number of rotatable bonds is 1. The number of nitrogens with zero attached hydrogens (tertiary/aromatic N) is 1. The van der Waals surface area contributed by atoms with Crippen LogP contribution >= 0.6 is 0 Å². The lowest BCUT2D eigenvalue weighted by Crippen LogP contribution is -2.40. The van der Waals surface area contributed by atoms with Crippen molar-refractivity contribution in [3.8, 4) is 0 Å². The lowest BCUT2D eigenvalue weighted by atomic mass is 10.1. The summed E-state index contributed by atoms with van der Waals surface area (Å²) in [5, 5.41) is 7.39. The van der Waals surface area contributed by atoms with E-state index in [2.05, 4.69) is 0 Å². The molecular weight excluding hydrogens is 170 g/mol. The van der Waals surface area contributed by atoms with Crippen molar-refractivity contribution < 1.29 is 9.53 Å². The van der Waals surface area contributed by atoms with Crippen LogP contribution in [0.5, 0.6) is 0 Å². The van der Waals surface area contributed by atoms with E-state index in [0.717, 1.165) is 25.9 Å². The van der Waals surface area contributed by atoms with Gasteiger partial charge in [0, 0.05) is 25.9 Å². The Morgan fingerprint density at radius 2 is 2.08 bits per heavy atom. The molecule has 0 atom stereocenters. The van der Waals surface area contributed by atoms with Crippen molar-refractivity contribution in [1.82, 2.24) is 4.90 Å². The molecule has 0 saturated carbocycles. The van der Waals surface area contributed by atoms with E-state index in [1.54, 1.807) is 6.92 Å². The average molecular weight is 185 g/mol. The van der Waals surface area contributed by atoms with Crippen molar-refractivity contribution in [2.45, 2.75) is 25.9 Å². The highest BCUT2D eigenvalue weighted by molar-refractivity contribution is 5.76. The van der Waals surface area contributed by atoms with Crippen LogP contribution in [0, 0.1) is 5.41 Å². The van der Waals surface area contributed by atoms with Crippen LogP contribution in [0.2, 0.25) is 0 Å². The highest BCUT2D eigenvalue weighted by atomic mass is 16.6. The summed E-state index contributed by atoms with van der Waals surface area (Å²) in [6, 6.07) is 0. The number of hydrogen-bond acceptors (Lipinski definition) is 3. The second kappa shape index (κ2) is 4.11. The molecule has 1 aliphatic heterocycles. The first-order valence-electron chi connectivity index (χ1n) is 4.36. The largest absolute Gasteiger partial charge is 0.446 e. The number of carbonyl (C=O) groups is 1. The molecule has 0 bridgehead atoms. The zero-order chi connectivity index (χ0) is 9.84. The molecule has 0 unspecified atom stereocenters. The Kier molecular flexibility index (Phi) is 3.11. The molecule has 0 aromatic carbocycles. The molecule has 5 heteroatoms. The third-order valence-electron chi connectivity index (χ3n) is 2.20. The van der Waals surface area contributed by atoms with Crippen molar-refractivity contribution in [3.63, 3.8) is 0 Å². The summed E-state index contributed by atoms with van der Waals surface area (Å²) in [6.45, 7) is 3.30. The fraction of sp³-hybridized carbons (Fsp3) is 0.750. The maximum absolute atomic E-state index is 10.4. The highest BCUT2D eigenvalue weighted by Gasteiger charge is 2.21. The molecule has 0 spiro atoms. The van der Waals surface area contributed by atoms with Crippen molar-refractivity contribution >= 4 is 11.9 Å². The molecule has 13 heavy (non-hydrogen) atoms. The Balaban J connectivity index is 2.30. The molecular formula is C8H15N3O2. The van der Waals surface area contributed by atoms with Crippen LogP contribution in [-0.4, -0.2) is 36.0 Å². The van der Waals surface area contributed by atoms with Gasteiger partial charge in [0.25, 0.3) is 0 Å². The monoisotopic (exact) mass is 185 g/mol. The lowest BCUT2D eigenvalue weighted by molar-refractivity contribution is 0.0716. The zero-order valence-electron chi connectivity index (χ0n) is 7.75. The van der Waals surface area contributed by atoms with Crippen molar-refractivity contribution in [1.29, 1.82) is 5.41 Å². The summed E-state index contributed by atoms with van der Waals surface area (Å²) < 4.78 is 4.86. The Labute approximate surface area is 77.3 Å². The normalized spacial score (nSPS) is 18.4. The van der Waals surface area contributed by atoms with Gasteiger partial charge in [-0.15, -0.1) is 0 Å². The molecule has 3 N–H and O–H groups in total. The Morgan fingerprint density at radius 3 is 2.46 bits per heavy atom. The zero-order valence-corrected chi connectivity index (χ0v) is 7.75. The van der Waals surface area contributed by atoms with Crippen LogP contribution in [0.4, 0.5) is 4.79 Å². The van der Waals surface area contributed by atoms with E-state index in [1.807, 2.05) is 4.90 Å². The van der Waals surface area contributed by atoms with Crippen molar-refractivity contribution in [2.24, 2.45) is 5.73 Å². The molecule has 1 amide bonds. The number of hydrogen-bond donors (Lipinski definition) is 2. The molecule has 1 saturated heterocycles. The van der Waals surface area contributed by atoms with E-state index >= 15 is 0 Å². The molecule has 0 radical (unpaired) electrons. The number of amidine groups is 1. The van der Waals surface area contributed by atoms with Gasteiger partial charge in [0.2, 0.25) is 0 Å². The molecule has 74 valence electrons. The number of primary amides is 1. The van der Waals surface area contributed by atoms with Gasteiger partial charge in [-0.1, -0.05) is 0 Å². The van der Waals surface area contributed by atoms with E-state index in [-0.39, 0.29) is 6.10 Å². The fourth-order valence-corrected chi connectivity index (χ4v) is 1.47. The van der Waals surface area contributed by atoms with E-state index in [4.69, 9.17) is 15.9 Å². The first-order valence-corrected chi connectivity index (χ1v) is 4.36. The SMILES string of the molecule is CC(=N)N1CCC(OC(N)=O)CC1. The second-order valence-electron chi connectivity index (χ2n) is 3.21. The predicted octanol–water partition coefficient (Wildman–Crippen LogP) is 0.543. The standard InChI is InChI=1S/C8H15N3O2/c1-6(9)11-4-2-7(3-5-11)13-8(10)12/h7,9H,2-5H2,1H3,(H2,10,12). The van der Waals surface area contributed by atoms with Gasteiger partial charge < -0.3 is 15.4 Å². The van der Waals surface area contributed by atoms with Gasteiger partial charge in [0.1, 0.15) is 6.10 Å². The van der Waals surface area contributed by atoms with Crippen LogP contribution in [-0.2, 0) is 4.74 Å². The third-order valence-corrected chi connectivity index (χ3v) is 2.20. The maximum Gasteiger partial charge on any atom is 0.404 e. The minimum absolute atomic E-state index is 0.0619. The van der Waals surface area contributed by atoms with Crippen molar-refractivity contribution in [2.75, 3.05) is 13.1 Å². The number of nitrogens with one attached hydrogen (secondary N) is 1. The fourth-order valence-electron chi connectivity index (χ4n) is 1.47. The number of amides is 1. The summed E-state index contributed by atoms with van der Waals surface area (Å²) in [5.74, 6) is 0.567. The number of carbonyl (C=O) groups excluding carboxylic acids is 1. The third kappa shape index (κ3) is 2.93. The molecule has 5 nitrogen and oxygen atoms in total. The minimum Gasteiger partial charge on any atom is -0.446 e. The average Bonchev–Trinajstić information content (AvgIpc) is 2.04. The first-order chi connectivity index (χ1) is 6.09. The smallest absolute Gasteiger partial charge is 0.404 e. The Bertz CT molecular complexity index is 209. The maximum atomic E-state index is 10.4. The number of nitrogens with two attached hydrogens (primary N) is 1. The minimum atomic E-state index is -0.704. The van der Waals surface area contributed by atoms with E-state index in [9.17, 15) is 4.79 Å².